The van der Waals surface area contributed by atoms with Crippen LogP contribution in [0.5, 0.6) is 0 Å². The maximum atomic E-state index is 12.0. The van der Waals surface area contributed by atoms with Crippen LogP contribution in [0.15, 0.2) is 42.6 Å². The molecule has 0 saturated heterocycles. The summed E-state index contributed by atoms with van der Waals surface area (Å²) >= 11 is 0. The normalized spacial score (nSPS) is 9.90. The molecular formula is C15H14N2O3. The van der Waals surface area contributed by atoms with Gasteiger partial charge in [0, 0.05) is 11.8 Å². The highest BCUT2D eigenvalue weighted by Gasteiger charge is 2.09. The molecule has 5 heteroatoms. The number of aromatic nitrogens is 1. The lowest BCUT2D eigenvalue weighted by atomic mass is 10.1. The van der Waals surface area contributed by atoms with E-state index in [0.29, 0.717) is 16.9 Å². The number of pyridine rings is 1. The number of aryl methyl sites for hydroxylation is 1. The second kappa shape index (κ2) is 5.97. The number of hydrogen-bond donors (Lipinski definition) is 1. The van der Waals surface area contributed by atoms with Gasteiger partial charge in [0.1, 0.15) is 5.82 Å². The second-order valence-corrected chi connectivity index (χ2v) is 4.24. The van der Waals surface area contributed by atoms with Crippen LogP contribution < -0.4 is 5.32 Å². The second-order valence-electron chi connectivity index (χ2n) is 4.24. The van der Waals surface area contributed by atoms with Crippen molar-refractivity contribution in [1.29, 1.82) is 0 Å². The molecule has 5 nitrogen and oxygen atoms in total. The van der Waals surface area contributed by atoms with E-state index in [0.717, 1.165) is 5.56 Å². The fourth-order valence-corrected chi connectivity index (χ4v) is 1.61. The third-order valence-electron chi connectivity index (χ3n) is 2.72. The molecule has 1 N–H and O–H groups in total. The van der Waals surface area contributed by atoms with E-state index < -0.39 is 5.97 Å². The Morgan fingerprint density at radius 3 is 2.25 bits per heavy atom. The quantitative estimate of drug-likeness (QED) is 0.870. The number of carbonyl (C=O) groups is 2. The summed E-state index contributed by atoms with van der Waals surface area (Å²) in [4.78, 5) is 27.4. The number of anilines is 1. The van der Waals surface area contributed by atoms with Gasteiger partial charge in [-0.1, -0.05) is 6.07 Å². The molecule has 1 amide bonds. The van der Waals surface area contributed by atoms with Crippen LogP contribution in [0.3, 0.4) is 0 Å². The zero-order valence-corrected chi connectivity index (χ0v) is 11.2. The number of ether oxygens (including phenoxy) is 1. The lowest BCUT2D eigenvalue weighted by Gasteiger charge is -2.05. The molecule has 0 aliphatic heterocycles. The summed E-state index contributed by atoms with van der Waals surface area (Å²) < 4.78 is 4.59. The first-order chi connectivity index (χ1) is 9.60. The third kappa shape index (κ3) is 3.20. The van der Waals surface area contributed by atoms with E-state index in [9.17, 15) is 9.59 Å². The summed E-state index contributed by atoms with van der Waals surface area (Å²) in [6, 6.07) is 9.82. The molecule has 20 heavy (non-hydrogen) atoms. The molecule has 1 aromatic carbocycles. The summed E-state index contributed by atoms with van der Waals surface area (Å²) in [5.74, 6) is -0.229. The van der Waals surface area contributed by atoms with E-state index in [1.807, 2.05) is 13.0 Å². The summed E-state index contributed by atoms with van der Waals surface area (Å²) in [7, 11) is 1.31. The first kappa shape index (κ1) is 13.7. The SMILES string of the molecule is COC(=O)c1ccc(C(=O)Nc2ccc(C)cn2)cc1. The maximum Gasteiger partial charge on any atom is 0.337 e. The van der Waals surface area contributed by atoms with E-state index in [1.54, 1.807) is 36.5 Å². The van der Waals surface area contributed by atoms with Crippen molar-refractivity contribution >= 4 is 17.7 Å². The van der Waals surface area contributed by atoms with Crippen LogP contribution in [0, 0.1) is 6.92 Å². The van der Waals surface area contributed by atoms with Gasteiger partial charge >= 0.3 is 5.97 Å². The van der Waals surface area contributed by atoms with Crippen molar-refractivity contribution in [3.8, 4) is 0 Å². The molecule has 1 heterocycles. The fourth-order valence-electron chi connectivity index (χ4n) is 1.61. The molecule has 2 rings (SSSR count). The van der Waals surface area contributed by atoms with Crippen LogP contribution in [-0.2, 0) is 4.74 Å². The fraction of sp³-hybridized carbons (Fsp3) is 0.133. The number of benzene rings is 1. The lowest BCUT2D eigenvalue weighted by Crippen LogP contribution is -2.13. The first-order valence-electron chi connectivity index (χ1n) is 6.02. The molecule has 0 aliphatic rings. The molecule has 102 valence electrons. The molecule has 0 fully saturated rings. The van der Waals surface area contributed by atoms with Crippen molar-refractivity contribution < 1.29 is 14.3 Å². The highest BCUT2D eigenvalue weighted by atomic mass is 16.5. The zero-order chi connectivity index (χ0) is 14.5. The van der Waals surface area contributed by atoms with Crippen LogP contribution in [-0.4, -0.2) is 24.0 Å². The van der Waals surface area contributed by atoms with Crippen LogP contribution in [0.1, 0.15) is 26.3 Å². The average Bonchev–Trinajstić information content (AvgIpc) is 2.49. The van der Waals surface area contributed by atoms with E-state index in [2.05, 4.69) is 15.0 Å². The smallest absolute Gasteiger partial charge is 0.337 e. The summed E-state index contributed by atoms with van der Waals surface area (Å²) in [6.07, 6.45) is 1.68. The van der Waals surface area contributed by atoms with Gasteiger partial charge in [0.15, 0.2) is 0 Å². The minimum absolute atomic E-state index is 0.280. The van der Waals surface area contributed by atoms with Crippen LogP contribution in [0.2, 0.25) is 0 Å². The van der Waals surface area contributed by atoms with Crippen molar-refractivity contribution in [3.05, 3.63) is 59.3 Å². The van der Waals surface area contributed by atoms with Crippen LogP contribution >= 0.6 is 0 Å². The molecule has 2 aromatic rings. The molecule has 0 radical (unpaired) electrons. The van der Waals surface area contributed by atoms with E-state index in [-0.39, 0.29) is 5.91 Å². The monoisotopic (exact) mass is 270 g/mol. The number of amides is 1. The van der Waals surface area contributed by atoms with Crippen LogP contribution in [0.4, 0.5) is 5.82 Å². The summed E-state index contributed by atoms with van der Waals surface area (Å²) in [5, 5.41) is 2.68. The van der Waals surface area contributed by atoms with Gasteiger partial charge < -0.3 is 10.1 Å². The summed E-state index contributed by atoms with van der Waals surface area (Å²) in [5.41, 5.74) is 1.86. The number of carbonyl (C=O) groups excluding carboxylic acids is 2. The Morgan fingerprint density at radius 1 is 1.05 bits per heavy atom. The molecule has 1 aromatic heterocycles. The highest BCUT2D eigenvalue weighted by molar-refractivity contribution is 6.04. The van der Waals surface area contributed by atoms with Gasteiger partial charge in [-0.2, -0.15) is 0 Å². The molecule has 0 unspecified atom stereocenters. The largest absolute Gasteiger partial charge is 0.465 e. The van der Waals surface area contributed by atoms with Gasteiger partial charge in [-0.15, -0.1) is 0 Å². The molecule has 0 bridgehead atoms. The molecule has 0 spiro atoms. The topological polar surface area (TPSA) is 68.3 Å². The Morgan fingerprint density at radius 2 is 1.70 bits per heavy atom. The number of rotatable bonds is 3. The van der Waals surface area contributed by atoms with Gasteiger partial charge in [0.05, 0.1) is 12.7 Å². The van der Waals surface area contributed by atoms with Gasteiger partial charge in [-0.05, 0) is 42.8 Å². The highest BCUT2D eigenvalue weighted by Crippen LogP contribution is 2.09. The maximum absolute atomic E-state index is 12.0. The van der Waals surface area contributed by atoms with Crippen molar-refractivity contribution in [3.63, 3.8) is 0 Å². The van der Waals surface area contributed by atoms with Crippen molar-refractivity contribution in [2.75, 3.05) is 12.4 Å². The standard InChI is InChI=1S/C15H14N2O3/c1-10-3-8-13(16-9-10)17-14(18)11-4-6-12(7-5-11)15(19)20-2/h3-9H,1-2H3,(H,16,17,18). The molecule has 0 aliphatic carbocycles. The average molecular weight is 270 g/mol. The Hall–Kier alpha value is -2.69. The third-order valence-corrected chi connectivity index (χ3v) is 2.72. The van der Waals surface area contributed by atoms with E-state index >= 15 is 0 Å². The van der Waals surface area contributed by atoms with Gasteiger partial charge in [0.2, 0.25) is 0 Å². The molecule has 0 atom stereocenters. The molecule has 0 saturated carbocycles. The lowest BCUT2D eigenvalue weighted by molar-refractivity contribution is 0.0600. The van der Waals surface area contributed by atoms with Crippen molar-refractivity contribution in [1.82, 2.24) is 4.98 Å². The molecular weight excluding hydrogens is 256 g/mol. The first-order valence-corrected chi connectivity index (χ1v) is 6.02. The van der Waals surface area contributed by atoms with Gasteiger partial charge in [-0.25, -0.2) is 9.78 Å². The predicted molar refractivity (Wildman–Crippen MR) is 74.7 cm³/mol. The predicted octanol–water partition coefficient (Wildman–Crippen LogP) is 2.43. The Bertz CT molecular complexity index is 619. The Kier molecular flexibility index (Phi) is 4.10. The summed E-state index contributed by atoms with van der Waals surface area (Å²) in [6.45, 7) is 1.92. The number of methoxy groups -OCH3 is 1. The van der Waals surface area contributed by atoms with Gasteiger partial charge in [0.25, 0.3) is 5.91 Å². The van der Waals surface area contributed by atoms with Gasteiger partial charge in [-0.3, -0.25) is 4.79 Å². The number of hydrogen-bond acceptors (Lipinski definition) is 4. The minimum Gasteiger partial charge on any atom is -0.465 e. The zero-order valence-electron chi connectivity index (χ0n) is 11.2. The van der Waals surface area contributed by atoms with Crippen molar-refractivity contribution in [2.45, 2.75) is 6.92 Å². The Labute approximate surface area is 116 Å². The van der Waals surface area contributed by atoms with Crippen molar-refractivity contribution in [2.24, 2.45) is 0 Å². The van der Waals surface area contributed by atoms with Crippen LogP contribution in [0.25, 0.3) is 0 Å². The number of nitrogens with zero attached hydrogens (tertiary/aromatic N) is 1. The van der Waals surface area contributed by atoms with E-state index in [1.165, 1.54) is 7.11 Å². The number of nitrogens with one attached hydrogen (secondary N) is 1. The minimum atomic E-state index is -0.433. The Balaban J connectivity index is 2.09. The number of esters is 1. The van der Waals surface area contributed by atoms with E-state index in [4.69, 9.17) is 0 Å².